The quantitative estimate of drug-likeness (QED) is 0.335. The molecule has 0 aromatic heterocycles. The van der Waals surface area contributed by atoms with Crippen molar-refractivity contribution in [2.24, 2.45) is 16.2 Å². The van der Waals surface area contributed by atoms with Crippen LogP contribution in [0.1, 0.15) is 44.2 Å². The summed E-state index contributed by atoms with van der Waals surface area (Å²) in [6, 6.07) is 14.6. The second kappa shape index (κ2) is 8.69. The van der Waals surface area contributed by atoms with Gasteiger partial charge in [-0.25, -0.2) is 4.79 Å². The van der Waals surface area contributed by atoms with Gasteiger partial charge in [-0.15, -0.1) is 5.11 Å². The molecule has 0 amide bonds. The Labute approximate surface area is 165 Å². The van der Waals surface area contributed by atoms with Crippen molar-refractivity contribution in [3.8, 4) is 11.1 Å². The predicted molar refractivity (Wildman–Crippen MR) is 112 cm³/mol. The fraction of sp³-hybridized carbons (Fsp3) is 0.318. The molecule has 1 heterocycles. The molecule has 6 heteroatoms. The number of carbonyl (C=O) groups is 1. The van der Waals surface area contributed by atoms with E-state index in [0.717, 1.165) is 16.8 Å². The van der Waals surface area contributed by atoms with Crippen LogP contribution in [0.3, 0.4) is 0 Å². The summed E-state index contributed by atoms with van der Waals surface area (Å²) in [5.41, 5.74) is 5.90. The average molecular weight is 378 g/mol. The van der Waals surface area contributed by atoms with E-state index in [1.165, 1.54) is 11.1 Å². The van der Waals surface area contributed by atoms with Crippen molar-refractivity contribution in [1.82, 2.24) is 0 Å². The Morgan fingerprint density at radius 3 is 2.79 bits per heavy atom. The van der Waals surface area contributed by atoms with Crippen LogP contribution in [0.25, 0.3) is 17.2 Å². The normalized spacial score (nSPS) is 16.3. The number of rotatable bonds is 5. The number of nitrogens with two attached hydrogens (primary N) is 1. The molecule has 6 nitrogen and oxygen atoms in total. The summed E-state index contributed by atoms with van der Waals surface area (Å²) in [5, 5.41) is 10.7. The summed E-state index contributed by atoms with van der Waals surface area (Å²) in [5.74, 6) is 5.30. The lowest BCUT2D eigenvalue weighted by molar-refractivity contribution is -0.138. The molecule has 0 bridgehead atoms. The third kappa shape index (κ3) is 4.22. The number of hydrogen-bond acceptors (Lipinski definition) is 5. The summed E-state index contributed by atoms with van der Waals surface area (Å²) in [7, 11) is 0. The zero-order valence-corrected chi connectivity index (χ0v) is 16.5. The Kier molecular flexibility index (Phi) is 6.09. The molecule has 1 atom stereocenters. The number of carbonyl (C=O) groups excluding carboxylic acids is 1. The number of nitrogens with one attached hydrogen (secondary N) is 1. The van der Waals surface area contributed by atoms with Crippen molar-refractivity contribution in [3.05, 3.63) is 59.2 Å². The van der Waals surface area contributed by atoms with Gasteiger partial charge in [-0.05, 0) is 53.3 Å². The van der Waals surface area contributed by atoms with Crippen LogP contribution in [0.15, 0.2) is 58.4 Å². The SMILES string of the molecule is CCOC(=O)C1=Cc2cc(-c3ccccc3C(C)C)ccc2NC(N=NN)C1. The third-order valence-corrected chi connectivity index (χ3v) is 4.75. The molecule has 3 N–H and O–H groups in total. The minimum atomic E-state index is -0.421. The smallest absolute Gasteiger partial charge is 0.334 e. The van der Waals surface area contributed by atoms with Crippen LogP contribution in [0.2, 0.25) is 0 Å². The van der Waals surface area contributed by atoms with Gasteiger partial charge in [0.05, 0.1) is 6.61 Å². The van der Waals surface area contributed by atoms with E-state index in [0.29, 0.717) is 24.5 Å². The highest BCUT2D eigenvalue weighted by molar-refractivity contribution is 5.96. The van der Waals surface area contributed by atoms with Gasteiger partial charge < -0.3 is 15.9 Å². The molecule has 0 aliphatic carbocycles. The first kappa shape index (κ1) is 19.6. The molecule has 1 unspecified atom stereocenters. The Morgan fingerprint density at radius 1 is 1.29 bits per heavy atom. The molecular formula is C22H26N4O2. The fourth-order valence-electron chi connectivity index (χ4n) is 3.45. The van der Waals surface area contributed by atoms with E-state index in [2.05, 4.69) is 59.8 Å². The molecule has 0 saturated carbocycles. The van der Waals surface area contributed by atoms with Gasteiger partial charge in [0, 0.05) is 17.7 Å². The van der Waals surface area contributed by atoms with Gasteiger partial charge in [0.1, 0.15) is 6.17 Å². The molecule has 2 aromatic carbocycles. The number of nitrogens with zero attached hydrogens (tertiary/aromatic N) is 2. The van der Waals surface area contributed by atoms with E-state index in [9.17, 15) is 4.79 Å². The van der Waals surface area contributed by atoms with Crippen molar-refractivity contribution < 1.29 is 9.53 Å². The molecule has 0 fully saturated rings. The zero-order chi connectivity index (χ0) is 20.1. The first-order valence-electron chi connectivity index (χ1n) is 9.51. The molecule has 3 rings (SSSR count). The summed E-state index contributed by atoms with van der Waals surface area (Å²) < 4.78 is 5.21. The van der Waals surface area contributed by atoms with Gasteiger partial charge in [0.15, 0.2) is 0 Å². The number of benzene rings is 2. The maximum Gasteiger partial charge on any atom is 0.334 e. The Bertz CT molecular complexity index is 919. The topological polar surface area (TPSA) is 89.1 Å². The molecular weight excluding hydrogens is 352 g/mol. The second-order valence-corrected chi connectivity index (χ2v) is 7.03. The average Bonchev–Trinajstić information content (AvgIpc) is 2.87. The van der Waals surface area contributed by atoms with Crippen LogP contribution >= 0.6 is 0 Å². The minimum absolute atomic E-state index is 0.321. The van der Waals surface area contributed by atoms with Crippen LogP contribution < -0.4 is 11.2 Å². The Balaban J connectivity index is 2.08. The first-order valence-corrected chi connectivity index (χ1v) is 9.51. The highest BCUT2D eigenvalue weighted by atomic mass is 16.5. The maximum absolute atomic E-state index is 12.4. The number of anilines is 1. The number of ether oxygens (including phenoxy) is 1. The highest BCUT2D eigenvalue weighted by Crippen LogP contribution is 2.34. The van der Waals surface area contributed by atoms with Crippen molar-refractivity contribution in [2.45, 2.75) is 39.3 Å². The maximum atomic E-state index is 12.4. The van der Waals surface area contributed by atoms with Gasteiger partial charge in [-0.3, -0.25) is 0 Å². The zero-order valence-electron chi connectivity index (χ0n) is 16.5. The fourth-order valence-corrected chi connectivity index (χ4v) is 3.45. The molecule has 1 aliphatic heterocycles. The van der Waals surface area contributed by atoms with E-state index in [1.54, 1.807) is 6.92 Å². The molecule has 28 heavy (non-hydrogen) atoms. The van der Waals surface area contributed by atoms with Crippen molar-refractivity contribution in [3.63, 3.8) is 0 Å². The van der Waals surface area contributed by atoms with Gasteiger partial charge in [0.25, 0.3) is 0 Å². The van der Waals surface area contributed by atoms with Gasteiger partial charge >= 0.3 is 5.97 Å². The van der Waals surface area contributed by atoms with Crippen molar-refractivity contribution in [2.75, 3.05) is 11.9 Å². The molecule has 0 radical (unpaired) electrons. The summed E-state index contributed by atoms with van der Waals surface area (Å²) in [4.78, 5) is 12.4. The van der Waals surface area contributed by atoms with Crippen molar-refractivity contribution >= 4 is 17.7 Å². The summed E-state index contributed by atoms with van der Waals surface area (Å²) in [6.07, 6.45) is 1.80. The number of esters is 1. The second-order valence-electron chi connectivity index (χ2n) is 7.03. The standard InChI is InChI=1S/C22H26N4O2/c1-4-28-22(27)17-12-16-11-15(19-8-6-5-7-18(19)14(2)3)9-10-20(16)24-21(13-17)25-26-23/h5-12,14,21,24H,4,13H2,1-3H3,(H2,23,25). The Hall–Kier alpha value is -3.15. The van der Waals surface area contributed by atoms with Crippen LogP contribution in [-0.2, 0) is 9.53 Å². The van der Waals surface area contributed by atoms with E-state index in [1.807, 2.05) is 18.2 Å². The summed E-state index contributed by atoms with van der Waals surface area (Å²) >= 11 is 0. The lowest BCUT2D eigenvalue weighted by Gasteiger charge is -2.16. The van der Waals surface area contributed by atoms with Gasteiger partial charge in [0.2, 0.25) is 0 Å². The van der Waals surface area contributed by atoms with E-state index >= 15 is 0 Å². The highest BCUT2D eigenvalue weighted by Gasteiger charge is 2.22. The van der Waals surface area contributed by atoms with E-state index in [4.69, 9.17) is 10.6 Å². The van der Waals surface area contributed by atoms with Crippen molar-refractivity contribution in [1.29, 1.82) is 0 Å². The lowest BCUT2D eigenvalue weighted by Crippen LogP contribution is -2.19. The van der Waals surface area contributed by atoms with Gasteiger partial charge in [-0.1, -0.05) is 49.4 Å². The number of hydrogen-bond donors (Lipinski definition) is 2. The largest absolute Gasteiger partial charge is 0.463 e. The monoisotopic (exact) mass is 378 g/mol. The van der Waals surface area contributed by atoms with Gasteiger partial charge in [-0.2, -0.15) is 0 Å². The molecule has 1 aliphatic rings. The van der Waals surface area contributed by atoms with Crippen LogP contribution in [0, 0.1) is 0 Å². The minimum Gasteiger partial charge on any atom is -0.463 e. The molecule has 146 valence electrons. The van der Waals surface area contributed by atoms with Crippen LogP contribution in [0.5, 0.6) is 0 Å². The predicted octanol–water partition coefficient (Wildman–Crippen LogP) is 4.89. The lowest BCUT2D eigenvalue weighted by atomic mass is 9.91. The third-order valence-electron chi connectivity index (χ3n) is 4.75. The van der Waals surface area contributed by atoms with Crippen LogP contribution in [0.4, 0.5) is 5.69 Å². The molecule has 2 aromatic rings. The Morgan fingerprint density at radius 2 is 2.07 bits per heavy atom. The summed E-state index contributed by atoms with van der Waals surface area (Å²) in [6.45, 7) is 6.48. The van der Waals surface area contributed by atoms with Crippen LogP contribution in [-0.4, -0.2) is 18.7 Å². The van der Waals surface area contributed by atoms with E-state index < -0.39 is 6.17 Å². The first-order chi connectivity index (χ1) is 13.5. The number of fused-ring (bicyclic) bond motifs is 1. The molecule has 0 spiro atoms. The van der Waals surface area contributed by atoms with E-state index in [-0.39, 0.29) is 5.97 Å². The molecule has 0 saturated heterocycles.